The van der Waals surface area contributed by atoms with Crippen molar-refractivity contribution in [1.29, 1.82) is 0 Å². The molecule has 1 fully saturated rings. The third-order valence-electron chi connectivity index (χ3n) is 3.53. The topological polar surface area (TPSA) is 110 Å². The molecule has 1 aromatic carbocycles. The van der Waals surface area contributed by atoms with E-state index in [9.17, 15) is 9.59 Å². The van der Waals surface area contributed by atoms with E-state index in [2.05, 4.69) is 15.5 Å². The summed E-state index contributed by atoms with van der Waals surface area (Å²) in [6.45, 7) is -0.188. The van der Waals surface area contributed by atoms with Crippen LogP contribution in [0.1, 0.15) is 30.0 Å². The number of primary amides is 1. The second kappa shape index (κ2) is 6.51. The number of anilines is 1. The van der Waals surface area contributed by atoms with E-state index in [0.29, 0.717) is 17.5 Å². The number of nitrogens with one attached hydrogen (secondary N) is 2. The lowest BCUT2D eigenvalue weighted by molar-refractivity contribution is -0.120. The van der Waals surface area contributed by atoms with E-state index in [-0.39, 0.29) is 18.9 Å². The van der Waals surface area contributed by atoms with Crippen molar-refractivity contribution in [3.63, 3.8) is 0 Å². The SMILES string of the molecule is NC(=O)COc1cccc(CC(=O)Nc2cc(C3CC3)[nH]n2)c1. The largest absolute Gasteiger partial charge is 0.484 e. The summed E-state index contributed by atoms with van der Waals surface area (Å²) in [5.41, 5.74) is 6.89. The minimum Gasteiger partial charge on any atom is -0.484 e. The van der Waals surface area contributed by atoms with Crippen molar-refractivity contribution in [1.82, 2.24) is 10.2 Å². The van der Waals surface area contributed by atoms with E-state index in [4.69, 9.17) is 10.5 Å². The average Bonchev–Trinajstić information content (AvgIpc) is 3.26. The highest BCUT2D eigenvalue weighted by Crippen LogP contribution is 2.39. The van der Waals surface area contributed by atoms with Crippen molar-refractivity contribution < 1.29 is 14.3 Å². The predicted octanol–water partition coefficient (Wildman–Crippen LogP) is 1.33. The van der Waals surface area contributed by atoms with Crippen molar-refractivity contribution in [3.05, 3.63) is 41.6 Å². The van der Waals surface area contributed by atoms with Crippen LogP contribution in [0.4, 0.5) is 5.82 Å². The van der Waals surface area contributed by atoms with Crippen LogP contribution in [0.25, 0.3) is 0 Å². The number of amides is 2. The van der Waals surface area contributed by atoms with Crippen molar-refractivity contribution in [2.24, 2.45) is 5.73 Å². The molecule has 120 valence electrons. The Morgan fingerprint density at radius 1 is 1.35 bits per heavy atom. The summed E-state index contributed by atoms with van der Waals surface area (Å²) in [6, 6.07) is 8.88. The van der Waals surface area contributed by atoms with Gasteiger partial charge in [0.05, 0.1) is 6.42 Å². The zero-order valence-corrected chi connectivity index (χ0v) is 12.5. The van der Waals surface area contributed by atoms with Gasteiger partial charge in [-0.05, 0) is 30.5 Å². The van der Waals surface area contributed by atoms with Gasteiger partial charge in [-0.25, -0.2) is 0 Å². The first-order valence-electron chi connectivity index (χ1n) is 7.45. The average molecular weight is 314 g/mol. The molecule has 0 radical (unpaired) electrons. The molecule has 7 nitrogen and oxygen atoms in total. The standard InChI is InChI=1S/C16H18N4O3/c17-14(21)9-23-12-3-1-2-10(6-12)7-16(22)18-15-8-13(19-20-15)11-4-5-11/h1-3,6,8,11H,4-5,7,9H2,(H2,17,21)(H2,18,19,20,22). The van der Waals surface area contributed by atoms with Gasteiger partial charge >= 0.3 is 0 Å². The van der Waals surface area contributed by atoms with Gasteiger partial charge in [0.2, 0.25) is 5.91 Å². The highest BCUT2D eigenvalue weighted by Gasteiger charge is 2.25. The second-order valence-corrected chi connectivity index (χ2v) is 5.61. The lowest BCUT2D eigenvalue weighted by Crippen LogP contribution is -2.20. The molecule has 2 aromatic rings. The summed E-state index contributed by atoms with van der Waals surface area (Å²) in [5, 5.41) is 9.80. The molecule has 1 aliphatic carbocycles. The number of nitrogens with two attached hydrogens (primary N) is 1. The van der Waals surface area contributed by atoms with Crippen molar-refractivity contribution in [2.45, 2.75) is 25.2 Å². The molecule has 23 heavy (non-hydrogen) atoms. The predicted molar refractivity (Wildman–Crippen MR) is 84.0 cm³/mol. The van der Waals surface area contributed by atoms with Gasteiger partial charge in [-0.2, -0.15) is 5.10 Å². The van der Waals surface area contributed by atoms with E-state index in [1.165, 1.54) is 12.8 Å². The lowest BCUT2D eigenvalue weighted by atomic mass is 10.1. The third-order valence-corrected chi connectivity index (χ3v) is 3.53. The molecule has 0 unspecified atom stereocenters. The minimum atomic E-state index is -0.543. The number of nitrogens with zero attached hydrogens (tertiary/aromatic N) is 1. The molecule has 3 rings (SSSR count). The number of hydrogen-bond acceptors (Lipinski definition) is 4. The van der Waals surface area contributed by atoms with Crippen LogP contribution in [0.5, 0.6) is 5.75 Å². The summed E-state index contributed by atoms with van der Waals surface area (Å²) in [5.74, 6) is 0.902. The van der Waals surface area contributed by atoms with Crippen LogP contribution in [0, 0.1) is 0 Å². The molecular formula is C16H18N4O3. The highest BCUT2D eigenvalue weighted by molar-refractivity contribution is 5.91. The van der Waals surface area contributed by atoms with Crippen LogP contribution in [0.2, 0.25) is 0 Å². The zero-order valence-electron chi connectivity index (χ0n) is 12.5. The van der Waals surface area contributed by atoms with E-state index < -0.39 is 5.91 Å². The summed E-state index contributed by atoms with van der Waals surface area (Å²) >= 11 is 0. The molecule has 1 saturated carbocycles. The van der Waals surface area contributed by atoms with Crippen LogP contribution in [0.3, 0.4) is 0 Å². The second-order valence-electron chi connectivity index (χ2n) is 5.61. The number of H-pyrrole nitrogens is 1. The maximum Gasteiger partial charge on any atom is 0.255 e. The first-order valence-corrected chi connectivity index (χ1v) is 7.45. The Kier molecular flexibility index (Phi) is 4.27. The van der Waals surface area contributed by atoms with Crippen molar-refractivity contribution >= 4 is 17.6 Å². The van der Waals surface area contributed by atoms with Crippen LogP contribution < -0.4 is 15.8 Å². The Labute approximate surface area is 133 Å². The number of rotatable bonds is 7. The van der Waals surface area contributed by atoms with E-state index >= 15 is 0 Å². The number of benzene rings is 1. The van der Waals surface area contributed by atoms with Gasteiger partial charge in [0, 0.05) is 17.7 Å². The Morgan fingerprint density at radius 3 is 2.91 bits per heavy atom. The molecule has 1 heterocycles. The molecular weight excluding hydrogens is 296 g/mol. The molecule has 1 aliphatic rings. The van der Waals surface area contributed by atoms with E-state index in [0.717, 1.165) is 11.3 Å². The molecule has 1 aromatic heterocycles. The Morgan fingerprint density at radius 2 is 2.17 bits per heavy atom. The molecule has 0 bridgehead atoms. The fourth-order valence-corrected chi connectivity index (χ4v) is 2.28. The Hall–Kier alpha value is -2.83. The summed E-state index contributed by atoms with van der Waals surface area (Å²) in [7, 11) is 0. The van der Waals surface area contributed by atoms with Crippen molar-refractivity contribution in [3.8, 4) is 5.75 Å². The zero-order chi connectivity index (χ0) is 16.2. The first-order chi connectivity index (χ1) is 11.1. The molecule has 2 amide bonds. The quantitative estimate of drug-likeness (QED) is 0.716. The van der Waals surface area contributed by atoms with Gasteiger partial charge in [-0.3, -0.25) is 14.7 Å². The van der Waals surface area contributed by atoms with Crippen LogP contribution in [-0.2, 0) is 16.0 Å². The van der Waals surface area contributed by atoms with Crippen LogP contribution in [0.15, 0.2) is 30.3 Å². The maximum atomic E-state index is 12.1. The van der Waals surface area contributed by atoms with E-state index in [1.807, 2.05) is 12.1 Å². The number of hydrogen-bond donors (Lipinski definition) is 3. The van der Waals surface area contributed by atoms with Crippen LogP contribution in [-0.4, -0.2) is 28.6 Å². The number of aromatic nitrogens is 2. The Balaban J connectivity index is 1.56. The fourth-order valence-electron chi connectivity index (χ4n) is 2.28. The normalized spacial score (nSPS) is 13.6. The number of carbonyl (C=O) groups excluding carboxylic acids is 2. The monoisotopic (exact) mass is 314 g/mol. The highest BCUT2D eigenvalue weighted by atomic mass is 16.5. The molecule has 7 heteroatoms. The summed E-state index contributed by atoms with van der Waals surface area (Å²) in [4.78, 5) is 22.8. The number of aromatic amines is 1. The van der Waals surface area contributed by atoms with Gasteiger partial charge in [-0.1, -0.05) is 12.1 Å². The minimum absolute atomic E-state index is 0.161. The lowest BCUT2D eigenvalue weighted by Gasteiger charge is -2.06. The van der Waals surface area contributed by atoms with Crippen LogP contribution >= 0.6 is 0 Å². The molecule has 0 spiro atoms. The molecule has 0 saturated heterocycles. The molecule has 4 N–H and O–H groups in total. The first kappa shape index (κ1) is 15.1. The molecule has 0 atom stereocenters. The smallest absolute Gasteiger partial charge is 0.255 e. The van der Waals surface area contributed by atoms with Gasteiger partial charge in [0.1, 0.15) is 5.75 Å². The Bertz CT molecular complexity index is 722. The van der Waals surface area contributed by atoms with Gasteiger partial charge in [-0.15, -0.1) is 0 Å². The van der Waals surface area contributed by atoms with Gasteiger partial charge in [0.15, 0.2) is 12.4 Å². The maximum absolute atomic E-state index is 12.1. The number of ether oxygens (including phenoxy) is 1. The fraction of sp³-hybridized carbons (Fsp3) is 0.312. The van der Waals surface area contributed by atoms with Crippen molar-refractivity contribution in [2.75, 3.05) is 11.9 Å². The summed E-state index contributed by atoms with van der Waals surface area (Å²) < 4.78 is 5.22. The van der Waals surface area contributed by atoms with Gasteiger partial charge < -0.3 is 15.8 Å². The summed E-state index contributed by atoms with van der Waals surface area (Å²) in [6.07, 6.45) is 2.54. The van der Waals surface area contributed by atoms with Gasteiger partial charge in [0.25, 0.3) is 5.91 Å². The molecule has 0 aliphatic heterocycles. The number of carbonyl (C=O) groups is 2. The van der Waals surface area contributed by atoms with E-state index in [1.54, 1.807) is 18.2 Å². The third kappa shape index (κ3) is 4.32.